The Morgan fingerprint density at radius 3 is 1.63 bits per heavy atom. The lowest BCUT2D eigenvalue weighted by atomic mass is 10.00. The van der Waals surface area contributed by atoms with Gasteiger partial charge in [0.25, 0.3) is 0 Å². The molecule has 4 aromatic rings. The zero-order valence-corrected chi connectivity index (χ0v) is 19.9. The van der Waals surface area contributed by atoms with Crippen LogP contribution in [0.15, 0.2) is 109 Å². The number of Topliss-reactive ketones (excluding diaryl/α,β-unsaturated/α-hetero) is 1. The summed E-state index contributed by atoms with van der Waals surface area (Å²) in [4.78, 5) is 12.7. The van der Waals surface area contributed by atoms with Crippen LogP contribution in [0.1, 0.15) is 46.0 Å². The number of carbonyl (C=O) groups excluding carboxylic acids is 1. The summed E-state index contributed by atoms with van der Waals surface area (Å²) in [5.74, 6) is 1.64. The SMILES string of the molecule is COC(CCC(=O)c1ccc(OCc2ccccc2)cc1)c1ccc(OCc2ccccc2)cc1. The first-order chi connectivity index (χ1) is 17.2. The van der Waals surface area contributed by atoms with Crippen LogP contribution >= 0.6 is 0 Å². The van der Waals surface area contributed by atoms with Crippen molar-refractivity contribution in [2.75, 3.05) is 7.11 Å². The summed E-state index contributed by atoms with van der Waals surface area (Å²) < 4.78 is 17.3. The predicted molar refractivity (Wildman–Crippen MR) is 138 cm³/mol. The highest BCUT2D eigenvalue weighted by Gasteiger charge is 2.14. The van der Waals surface area contributed by atoms with Crippen LogP contribution in [0.3, 0.4) is 0 Å². The number of ether oxygens (including phenoxy) is 3. The van der Waals surface area contributed by atoms with Crippen molar-refractivity contribution in [1.82, 2.24) is 0 Å². The first-order valence-electron chi connectivity index (χ1n) is 11.8. The molecule has 0 fully saturated rings. The van der Waals surface area contributed by atoms with Crippen LogP contribution in [0.4, 0.5) is 0 Å². The summed E-state index contributed by atoms with van der Waals surface area (Å²) in [5, 5.41) is 0. The Balaban J connectivity index is 1.26. The smallest absolute Gasteiger partial charge is 0.162 e. The van der Waals surface area contributed by atoms with Crippen molar-refractivity contribution in [3.05, 3.63) is 131 Å². The van der Waals surface area contributed by atoms with Gasteiger partial charge in [-0.25, -0.2) is 0 Å². The third-order valence-electron chi connectivity index (χ3n) is 5.84. The molecule has 0 saturated carbocycles. The lowest BCUT2D eigenvalue weighted by Crippen LogP contribution is -2.06. The minimum Gasteiger partial charge on any atom is -0.489 e. The van der Waals surface area contributed by atoms with E-state index in [1.807, 2.05) is 109 Å². The number of hydrogen-bond donors (Lipinski definition) is 0. The standard InChI is InChI=1S/C31H30O4/c1-33-31(27-14-18-29(19-15-27)35-23-25-10-6-3-7-11-25)21-20-30(32)26-12-16-28(17-13-26)34-22-24-8-4-2-5-9-24/h2-19,31H,20-23H2,1H3. The maximum absolute atomic E-state index is 12.7. The van der Waals surface area contributed by atoms with Gasteiger partial charge >= 0.3 is 0 Å². The first kappa shape index (κ1) is 24.2. The van der Waals surface area contributed by atoms with E-state index in [1.54, 1.807) is 7.11 Å². The molecule has 35 heavy (non-hydrogen) atoms. The molecule has 0 aliphatic rings. The maximum Gasteiger partial charge on any atom is 0.162 e. The van der Waals surface area contributed by atoms with Gasteiger partial charge in [0, 0.05) is 19.1 Å². The van der Waals surface area contributed by atoms with Gasteiger partial charge in [-0.15, -0.1) is 0 Å². The number of hydrogen-bond acceptors (Lipinski definition) is 4. The van der Waals surface area contributed by atoms with Gasteiger partial charge in [0.1, 0.15) is 24.7 Å². The van der Waals surface area contributed by atoms with Gasteiger partial charge < -0.3 is 14.2 Å². The van der Waals surface area contributed by atoms with Crippen LogP contribution in [0, 0.1) is 0 Å². The lowest BCUT2D eigenvalue weighted by Gasteiger charge is -2.16. The number of ketones is 1. The second kappa shape index (κ2) is 12.5. The Kier molecular flexibility index (Phi) is 8.68. The molecule has 0 heterocycles. The average molecular weight is 467 g/mol. The van der Waals surface area contributed by atoms with Gasteiger partial charge in [-0.1, -0.05) is 72.8 Å². The summed E-state index contributed by atoms with van der Waals surface area (Å²) in [6.07, 6.45) is 0.844. The molecule has 0 aliphatic carbocycles. The molecule has 0 N–H and O–H groups in total. The van der Waals surface area contributed by atoms with E-state index in [2.05, 4.69) is 0 Å². The van der Waals surface area contributed by atoms with E-state index in [1.165, 1.54) is 0 Å². The molecule has 1 unspecified atom stereocenters. The molecule has 0 bridgehead atoms. The quantitative estimate of drug-likeness (QED) is 0.207. The largest absolute Gasteiger partial charge is 0.489 e. The molecule has 4 heteroatoms. The fourth-order valence-corrected chi connectivity index (χ4v) is 3.82. The highest BCUT2D eigenvalue weighted by Crippen LogP contribution is 2.26. The van der Waals surface area contributed by atoms with Crippen molar-refractivity contribution in [1.29, 1.82) is 0 Å². The van der Waals surface area contributed by atoms with E-state index >= 15 is 0 Å². The fourth-order valence-electron chi connectivity index (χ4n) is 3.82. The third kappa shape index (κ3) is 7.29. The van der Waals surface area contributed by atoms with E-state index in [4.69, 9.17) is 14.2 Å². The van der Waals surface area contributed by atoms with Crippen LogP contribution < -0.4 is 9.47 Å². The Labute approximate surface area is 207 Å². The molecule has 178 valence electrons. The Morgan fingerprint density at radius 2 is 1.14 bits per heavy atom. The molecule has 0 spiro atoms. The Hall–Kier alpha value is -3.89. The molecule has 4 nitrogen and oxygen atoms in total. The van der Waals surface area contributed by atoms with Gasteiger partial charge in [0.05, 0.1) is 6.10 Å². The van der Waals surface area contributed by atoms with Crippen LogP contribution in [0.2, 0.25) is 0 Å². The molecule has 4 rings (SSSR count). The zero-order chi connectivity index (χ0) is 24.3. The van der Waals surface area contributed by atoms with E-state index < -0.39 is 0 Å². The zero-order valence-electron chi connectivity index (χ0n) is 19.9. The molecule has 0 saturated heterocycles. The van der Waals surface area contributed by atoms with E-state index in [9.17, 15) is 4.79 Å². The Bertz CT molecular complexity index is 1170. The maximum atomic E-state index is 12.7. The number of methoxy groups -OCH3 is 1. The topological polar surface area (TPSA) is 44.8 Å². The summed E-state index contributed by atoms with van der Waals surface area (Å²) >= 11 is 0. The van der Waals surface area contributed by atoms with Crippen LogP contribution in [0.25, 0.3) is 0 Å². The molecule has 0 aliphatic heterocycles. The summed E-state index contributed by atoms with van der Waals surface area (Å²) in [7, 11) is 1.67. The Morgan fingerprint density at radius 1 is 0.657 bits per heavy atom. The van der Waals surface area contributed by atoms with Crippen molar-refractivity contribution >= 4 is 5.78 Å². The number of carbonyl (C=O) groups is 1. The normalized spacial score (nSPS) is 11.6. The van der Waals surface area contributed by atoms with E-state index in [0.29, 0.717) is 31.6 Å². The molecular formula is C31H30O4. The molecule has 0 aromatic heterocycles. The van der Waals surface area contributed by atoms with Crippen molar-refractivity contribution < 1.29 is 19.0 Å². The van der Waals surface area contributed by atoms with Gasteiger partial charge in [0.15, 0.2) is 5.78 Å². The molecule has 0 radical (unpaired) electrons. The predicted octanol–water partition coefficient (Wildman–Crippen LogP) is 7.20. The molecular weight excluding hydrogens is 436 g/mol. The van der Waals surface area contributed by atoms with E-state index in [-0.39, 0.29) is 11.9 Å². The van der Waals surface area contributed by atoms with Crippen LogP contribution in [-0.4, -0.2) is 12.9 Å². The van der Waals surface area contributed by atoms with Crippen LogP contribution in [-0.2, 0) is 18.0 Å². The van der Waals surface area contributed by atoms with Crippen molar-refractivity contribution in [3.8, 4) is 11.5 Å². The monoisotopic (exact) mass is 466 g/mol. The minimum absolute atomic E-state index is 0.0875. The highest BCUT2D eigenvalue weighted by atomic mass is 16.5. The summed E-state index contributed by atoms with van der Waals surface area (Å²) in [5.41, 5.74) is 3.93. The molecule has 0 amide bonds. The van der Waals surface area contributed by atoms with Crippen molar-refractivity contribution in [2.24, 2.45) is 0 Å². The van der Waals surface area contributed by atoms with Gasteiger partial charge in [-0.2, -0.15) is 0 Å². The highest BCUT2D eigenvalue weighted by molar-refractivity contribution is 5.96. The summed E-state index contributed by atoms with van der Waals surface area (Å²) in [6, 6.07) is 35.3. The van der Waals surface area contributed by atoms with Crippen molar-refractivity contribution in [3.63, 3.8) is 0 Å². The van der Waals surface area contributed by atoms with Gasteiger partial charge in [0.2, 0.25) is 0 Å². The molecule has 1 atom stereocenters. The number of rotatable bonds is 12. The minimum atomic E-state index is -0.157. The van der Waals surface area contributed by atoms with Crippen molar-refractivity contribution in [2.45, 2.75) is 32.2 Å². The molecule has 4 aromatic carbocycles. The van der Waals surface area contributed by atoms with E-state index in [0.717, 1.165) is 28.2 Å². The van der Waals surface area contributed by atoms with Gasteiger partial charge in [-0.3, -0.25) is 4.79 Å². The second-order valence-corrected chi connectivity index (χ2v) is 8.33. The van der Waals surface area contributed by atoms with Crippen LogP contribution in [0.5, 0.6) is 11.5 Å². The fraction of sp³-hybridized carbons (Fsp3) is 0.194. The van der Waals surface area contributed by atoms with Gasteiger partial charge in [-0.05, 0) is 59.5 Å². The average Bonchev–Trinajstić information content (AvgIpc) is 2.93. The lowest BCUT2D eigenvalue weighted by molar-refractivity contribution is 0.0815. The third-order valence-corrected chi connectivity index (χ3v) is 5.84. The number of benzene rings is 4. The first-order valence-corrected chi connectivity index (χ1v) is 11.8. The summed E-state index contributed by atoms with van der Waals surface area (Å²) in [6.45, 7) is 1.03. The second-order valence-electron chi connectivity index (χ2n) is 8.33.